The van der Waals surface area contributed by atoms with Crippen LogP contribution in [0, 0.1) is 0 Å². The molecule has 3 aromatic carbocycles. The van der Waals surface area contributed by atoms with E-state index < -0.39 is 16.1 Å². The normalized spacial score (nSPS) is 12.2. The van der Waals surface area contributed by atoms with Gasteiger partial charge in [0, 0.05) is 17.7 Å². The number of carbonyl (C=O) groups excluding carboxylic acids is 2. The summed E-state index contributed by atoms with van der Waals surface area (Å²) in [5.74, 6) is -0.471. The van der Waals surface area contributed by atoms with Crippen molar-refractivity contribution in [3.05, 3.63) is 95.6 Å². The van der Waals surface area contributed by atoms with Gasteiger partial charge in [-0.05, 0) is 36.8 Å². The molecule has 3 rings (SSSR count). The number of primary sulfonamides is 1. The molecule has 0 bridgehead atoms. The molecular formula is C23H23N3O4S. The van der Waals surface area contributed by atoms with Gasteiger partial charge in [-0.25, -0.2) is 13.6 Å². The summed E-state index contributed by atoms with van der Waals surface area (Å²) < 4.78 is 22.6. The molecule has 0 aromatic heterocycles. The summed E-state index contributed by atoms with van der Waals surface area (Å²) in [5.41, 5.74) is 2.19. The van der Waals surface area contributed by atoms with Crippen LogP contribution in [0.2, 0.25) is 0 Å². The molecule has 0 spiro atoms. The van der Waals surface area contributed by atoms with E-state index in [4.69, 9.17) is 5.14 Å². The highest BCUT2D eigenvalue weighted by atomic mass is 32.2. The van der Waals surface area contributed by atoms with Crippen molar-refractivity contribution < 1.29 is 18.0 Å². The number of para-hydroxylation sites is 1. The second-order valence-electron chi connectivity index (χ2n) is 7.02. The number of nitrogens with one attached hydrogen (secondary N) is 2. The van der Waals surface area contributed by atoms with Gasteiger partial charge in [0.2, 0.25) is 15.9 Å². The number of rotatable bonds is 8. The molecule has 0 aliphatic rings. The molecule has 1 amide bonds. The van der Waals surface area contributed by atoms with Crippen LogP contribution >= 0.6 is 0 Å². The van der Waals surface area contributed by atoms with E-state index in [1.807, 2.05) is 6.07 Å². The van der Waals surface area contributed by atoms with Gasteiger partial charge >= 0.3 is 0 Å². The summed E-state index contributed by atoms with van der Waals surface area (Å²) >= 11 is 0. The van der Waals surface area contributed by atoms with Gasteiger partial charge in [-0.3, -0.25) is 9.59 Å². The van der Waals surface area contributed by atoms with E-state index in [-0.39, 0.29) is 16.6 Å². The molecule has 31 heavy (non-hydrogen) atoms. The van der Waals surface area contributed by atoms with E-state index in [1.54, 1.807) is 67.6 Å². The van der Waals surface area contributed by atoms with Gasteiger partial charge < -0.3 is 10.6 Å². The number of anilines is 1. The van der Waals surface area contributed by atoms with Crippen LogP contribution in [0.1, 0.15) is 28.4 Å². The first-order chi connectivity index (χ1) is 14.8. The number of benzene rings is 3. The van der Waals surface area contributed by atoms with Crippen LogP contribution in [0.4, 0.5) is 5.69 Å². The molecular weight excluding hydrogens is 414 g/mol. The molecule has 0 unspecified atom stereocenters. The molecule has 0 radical (unpaired) electrons. The maximum atomic E-state index is 12.8. The monoisotopic (exact) mass is 437 g/mol. The lowest BCUT2D eigenvalue weighted by atomic mass is 10.0. The SMILES string of the molecule is C[C@@H](NCc1ccc(S(N)(=O)=O)cc1)C(=O)Nc1ccccc1C(=O)c1ccccc1. The molecule has 4 N–H and O–H groups in total. The topological polar surface area (TPSA) is 118 Å². The minimum absolute atomic E-state index is 0.0294. The van der Waals surface area contributed by atoms with Crippen LogP contribution in [0.25, 0.3) is 0 Å². The molecule has 3 aromatic rings. The molecule has 0 aliphatic heterocycles. The fourth-order valence-corrected chi connectivity index (χ4v) is 3.45. The first-order valence-electron chi connectivity index (χ1n) is 9.60. The van der Waals surface area contributed by atoms with Crippen LogP contribution in [-0.2, 0) is 21.4 Å². The van der Waals surface area contributed by atoms with E-state index in [1.165, 1.54) is 12.1 Å². The third-order valence-corrected chi connectivity index (χ3v) is 5.65. The third kappa shape index (κ3) is 5.85. The molecule has 0 saturated carbocycles. The van der Waals surface area contributed by atoms with Gasteiger partial charge in [0.05, 0.1) is 16.6 Å². The number of hydrogen-bond donors (Lipinski definition) is 3. The second-order valence-corrected chi connectivity index (χ2v) is 8.58. The van der Waals surface area contributed by atoms with E-state index >= 15 is 0 Å². The van der Waals surface area contributed by atoms with Crippen LogP contribution < -0.4 is 15.8 Å². The molecule has 1 atom stereocenters. The zero-order chi connectivity index (χ0) is 22.4. The van der Waals surface area contributed by atoms with Crippen molar-refractivity contribution in [2.75, 3.05) is 5.32 Å². The number of sulfonamides is 1. The van der Waals surface area contributed by atoms with Gasteiger partial charge in [-0.2, -0.15) is 0 Å². The molecule has 0 saturated heterocycles. The standard InChI is InChI=1S/C23H23N3O4S/c1-16(25-15-17-11-13-19(14-12-17)31(24,29)30)23(28)26-21-10-6-5-9-20(21)22(27)18-7-3-2-4-8-18/h2-14,16,25H,15H2,1H3,(H,26,28)(H2,24,29,30)/t16-/m1/s1. The zero-order valence-electron chi connectivity index (χ0n) is 16.9. The van der Waals surface area contributed by atoms with Crippen molar-refractivity contribution in [3.8, 4) is 0 Å². The maximum Gasteiger partial charge on any atom is 0.241 e. The zero-order valence-corrected chi connectivity index (χ0v) is 17.7. The van der Waals surface area contributed by atoms with Gasteiger partial charge in [0.1, 0.15) is 0 Å². The van der Waals surface area contributed by atoms with E-state index in [0.29, 0.717) is 23.4 Å². The molecule has 160 valence electrons. The Balaban J connectivity index is 1.64. The van der Waals surface area contributed by atoms with Crippen molar-refractivity contribution in [1.82, 2.24) is 5.32 Å². The number of carbonyl (C=O) groups is 2. The Morgan fingerprint density at radius 1 is 0.903 bits per heavy atom. The number of amides is 1. The Hall–Kier alpha value is -3.33. The summed E-state index contributed by atoms with van der Waals surface area (Å²) in [6.45, 7) is 2.06. The Kier molecular flexibility index (Phi) is 6.96. The predicted octanol–water partition coefficient (Wildman–Crippen LogP) is 2.68. The lowest BCUT2D eigenvalue weighted by molar-refractivity contribution is -0.117. The first-order valence-corrected chi connectivity index (χ1v) is 11.1. The van der Waals surface area contributed by atoms with Crippen molar-refractivity contribution in [2.24, 2.45) is 5.14 Å². The third-order valence-electron chi connectivity index (χ3n) is 4.72. The van der Waals surface area contributed by atoms with Crippen LogP contribution in [0.15, 0.2) is 83.8 Å². The van der Waals surface area contributed by atoms with Gasteiger partial charge in [-0.1, -0.05) is 54.6 Å². The van der Waals surface area contributed by atoms with Crippen LogP contribution in [0.5, 0.6) is 0 Å². The lowest BCUT2D eigenvalue weighted by Gasteiger charge is -2.16. The number of hydrogen-bond acceptors (Lipinski definition) is 5. The van der Waals surface area contributed by atoms with Gasteiger partial charge in [-0.15, -0.1) is 0 Å². The smallest absolute Gasteiger partial charge is 0.241 e. The highest BCUT2D eigenvalue weighted by Crippen LogP contribution is 2.19. The first kappa shape index (κ1) is 22.4. The largest absolute Gasteiger partial charge is 0.324 e. The second kappa shape index (κ2) is 9.65. The minimum atomic E-state index is -3.74. The summed E-state index contributed by atoms with van der Waals surface area (Å²) in [5, 5.41) is 11.0. The Morgan fingerprint density at radius 3 is 2.16 bits per heavy atom. The highest BCUT2D eigenvalue weighted by Gasteiger charge is 2.18. The summed E-state index contributed by atoms with van der Waals surface area (Å²) in [7, 11) is -3.74. The van der Waals surface area contributed by atoms with E-state index in [2.05, 4.69) is 10.6 Å². The average molecular weight is 438 g/mol. The summed E-state index contributed by atoms with van der Waals surface area (Å²) in [6, 6.07) is 21.3. The summed E-state index contributed by atoms with van der Waals surface area (Å²) in [4.78, 5) is 25.5. The van der Waals surface area contributed by atoms with Crippen molar-refractivity contribution in [3.63, 3.8) is 0 Å². The molecule has 0 aliphatic carbocycles. The fourth-order valence-electron chi connectivity index (χ4n) is 2.94. The molecule has 7 nitrogen and oxygen atoms in total. The maximum absolute atomic E-state index is 12.8. The van der Waals surface area contributed by atoms with Gasteiger partial charge in [0.25, 0.3) is 0 Å². The van der Waals surface area contributed by atoms with Crippen molar-refractivity contribution in [2.45, 2.75) is 24.4 Å². The Labute approximate surface area is 181 Å². The fraction of sp³-hybridized carbons (Fsp3) is 0.130. The number of nitrogens with two attached hydrogens (primary N) is 1. The van der Waals surface area contributed by atoms with Crippen molar-refractivity contribution >= 4 is 27.4 Å². The predicted molar refractivity (Wildman–Crippen MR) is 119 cm³/mol. The number of ketones is 1. The Morgan fingerprint density at radius 2 is 1.52 bits per heavy atom. The highest BCUT2D eigenvalue weighted by molar-refractivity contribution is 7.89. The minimum Gasteiger partial charge on any atom is -0.324 e. The van der Waals surface area contributed by atoms with Crippen LogP contribution in [0.3, 0.4) is 0 Å². The Bertz CT molecular complexity index is 1180. The summed E-state index contributed by atoms with van der Waals surface area (Å²) in [6.07, 6.45) is 0. The lowest BCUT2D eigenvalue weighted by Crippen LogP contribution is -2.37. The molecule has 0 heterocycles. The quantitative estimate of drug-likeness (QED) is 0.468. The van der Waals surface area contributed by atoms with Gasteiger partial charge in [0.15, 0.2) is 5.78 Å². The van der Waals surface area contributed by atoms with Crippen LogP contribution in [-0.4, -0.2) is 26.2 Å². The molecule has 0 fully saturated rings. The van der Waals surface area contributed by atoms with E-state index in [0.717, 1.165) is 5.56 Å². The van der Waals surface area contributed by atoms with Crippen molar-refractivity contribution in [1.29, 1.82) is 0 Å². The molecule has 8 heteroatoms. The average Bonchev–Trinajstić information content (AvgIpc) is 2.77. The van der Waals surface area contributed by atoms with E-state index in [9.17, 15) is 18.0 Å².